The van der Waals surface area contributed by atoms with Gasteiger partial charge in [0, 0.05) is 36.1 Å². The first kappa shape index (κ1) is 10.7. The first-order valence-corrected chi connectivity index (χ1v) is 5.70. The van der Waals surface area contributed by atoms with Crippen LogP contribution in [0.4, 0.5) is 0 Å². The van der Waals surface area contributed by atoms with Crippen LogP contribution < -0.4 is 10.6 Å². The first-order chi connectivity index (χ1) is 7.92. The van der Waals surface area contributed by atoms with Crippen molar-refractivity contribution >= 4 is 6.21 Å². The topological polar surface area (TPSA) is 36.4 Å². The summed E-state index contributed by atoms with van der Waals surface area (Å²) in [6.45, 7) is 2.19. The van der Waals surface area contributed by atoms with E-state index in [1.165, 1.54) is 5.57 Å². The number of dihydropyridines is 1. The van der Waals surface area contributed by atoms with Gasteiger partial charge in [-0.25, -0.2) is 0 Å². The molecule has 0 amide bonds. The molecular weight excluding hydrogens is 198 g/mol. The standard InChI is InChI=1S/C13H17N3/c1-2-4-12-11(5-3-7-15-12)13-6-8-14-9-10-16-13/h3,5-10,12,14,16H,2,4H2,1H3. The van der Waals surface area contributed by atoms with Crippen molar-refractivity contribution in [2.75, 3.05) is 0 Å². The minimum atomic E-state index is 0.286. The summed E-state index contributed by atoms with van der Waals surface area (Å²) in [6, 6.07) is 0.286. The molecule has 84 valence electrons. The fourth-order valence-electron chi connectivity index (χ4n) is 1.86. The number of allylic oxidation sites excluding steroid dienone is 2. The average Bonchev–Trinajstić information content (AvgIpc) is 2.59. The van der Waals surface area contributed by atoms with Crippen LogP contribution in [0.5, 0.6) is 0 Å². The number of aliphatic imine (C=N–C) groups is 1. The SMILES string of the molecule is CCCC1N=CC=CC1=C1C=CNC=CN1. The molecule has 0 fully saturated rings. The third kappa shape index (κ3) is 2.42. The maximum absolute atomic E-state index is 4.52. The van der Waals surface area contributed by atoms with Crippen molar-refractivity contribution in [3.8, 4) is 0 Å². The fraction of sp³-hybridized carbons (Fsp3) is 0.308. The maximum atomic E-state index is 4.52. The molecule has 1 atom stereocenters. The highest BCUT2D eigenvalue weighted by Gasteiger charge is 2.15. The lowest BCUT2D eigenvalue weighted by molar-refractivity contribution is 0.679. The Kier molecular flexibility index (Phi) is 3.59. The predicted octanol–water partition coefficient (Wildman–Crippen LogP) is 2.23. The van der Waals surface area contributed by atoms with Crippen LogP contribution >= 0.6 is 0 Å². The molecule has 2 aliphatic heterocycles. The van der Waals surface area contributed by atoms with E-state index < -0.39 is 0 Å². The Bertz CT molecular complexity index is 386. The molecule has 0 bridgehead atoms. The van der Waals surface area contributed by atoms with Crippen molar-refractivity contribution in [1.82, 2.24) is 10.6 Å². The second kappa shape index (κ2) is 5.35. The highest BCUT2D eigenvalue weighted by molar-refractivity contribution is 5.74. The van der Waals surface area contributed by atoms with Gasteiger partial charge in [0.25, 0.3) is 0 Å². The third-order valence-electron chi connectivity index (χ3n) is 2.62. The average molecular weight is 215 g/mol. The Morgan fingerprint density at radius 1 is 1.25 bits per heavy atom. The zero-order valence-electron chi connectivity index (χ0n) is 9.48. The van der Waals surface area contributed by atoms with E-state index in [4.69, 9.17) is 0 Å². The largest absolute Gasteiger partial charge is 0.366 e. The lowest BCUT2D eigenvalue weighted by Gasteiger charge is -2.18. The molecule has 0 aliphatic carbocycles. The summed E-state index contributed by atoms with van der Waals surface area (Å²) in [7, 11) is 0. The molecule has 0 spiro atoms. The lowest BCUT2D eigenvalue weighted by Crippen LogP contribution is -2.16. The summed E-state index contributed by atoms with van der Waals surface area (Å²) in [5.74, 6) is 0. The Morgan fingerprint density at radius 3 is 3.06 bits per heavy atom. The summed E-state index contributed by atoms with van der Waals surface area (Å²) < 4.78 is 0. The van der Waals surface area contributed by atoms with Crippen molar-refractivity contribution in [2.24, 2.45) is 4.99 Å². The van der Waals surface area contributed by atoms with Crippen molar-refractivity contribution in [3.05, 3.63) is 48.1 Å². The van der Waals surface area contributed by atoms with Crippen LogP contribution in [0.25, 0.3) is 0 Å². The van der Waals surface area contributed by atoms with E-state index in [2.05, 4.69) is 28.6 Å². The van der Waals surface area contributed by atoms with Gasteiger partial charge < -0.3 is 10.6 Å². The van der Waals surface area contributed by atoms with Gasteiger partial charge in [0.2, 0.25) is 0 Å². The summed E-state index contributed by atoms with van der Waals surface area (Å²) in [5, 5.41) is 6.31. The Morgan fingerprint density at radius 2 is 2.19 bits per heavy atom. The molecule has 0 aromatic heterocycles. The molecule has 2 heterocycles. The van der Waals surface area contributed by atoms with E-state index in [0.717, 1.165) is 18.5 Å². The van der Waals surface area contributed by atoms with E-state index in [-0.39, 0.29) is 6.04 Å². The summed E-state index contributed by atoms with van der Waals surface area (Å²) in [4.78, 5) is 4.52. The highest BCUT2D eigenvalue weighted by atomic mass is 14.9. The molecule has 3 nitrogen and oxygen atoms in total. The number of rotatable bonds is 2. The van der Waals surface area contributed by atoms with Gasteiger partial charge in [-0.15, -0.1) is 0 Å². The maximum Gasteiger partial charge on any atom is 0.0768 e. The minimum Gasteiger partial charge on any atom is -0.366 e. The summed E-state index contributed by atoms with van der Waals surface area (Å²) in [6.07, 6.45) is 16.0. The van der Waals surface area contributed by atoms with Crippen LogP contribution in [0.15, 0.2) is 53.1 Å². The van der Waals surface area contributed by atoms with Crippen LogP contribution in [0.1, 0.15) is 19.8 Å². The van der Waals surface area contributed by atoms with Crippen LogP contribution in [0.2, 0.25) is 0 Å². The molecular formula is C13H17N3. The van der Waals surface area contributed by atoms with E-state index >= 15 is 0 Å². The quantitative estimate of drug-likeness (QED) is 0.741. The monoisotopic (exact) mass is 215 g/mol. The van der Waals surface area contributed by atoms with Gasteiger partial charge in [-0.3, -0.25) is 4.99 Å². The normalized spacial score (nSPS) is 27.4. The fourth-order valence-corrected chi connectivity index (χ4v) is 1.86. The highest BCUT2D eigenvalue weighted by Crippen LogP contribution is 2.20. The van der Waals surface area contributed by atoms with Crippen LogP contribution in [0.3, 0.4) is 0 Å². The van der Waals surface area contributed by atoms with Crippen LogP contribution in [0, 0.1) is 0 Å². The van der Waals surface area contributed by atoms with Gasteiger partial charge in [0.1, 0.15) is 0 Å². The van der Waals surface area contributed by atoms with Gasteiger partial charge in [-0.2, -0.15) is 0 Å². The van der Waals surface area contributed by atoms with Crippen LogP contribution in [-0.2, 0) is 0 Å². The number of hydrogen-bond acceptors (Lipinski definition) is 3. The zero-order valence-corrected chi connectivity index (χ0v) is 9.48. The zero-order chi connectivity index (χ0) is 11.2. The Labute approximate surface area is 96.3 Å². The number of nitrogens with one attached hydrogen (secondary N) is 2. The molecule has 1 unspecified atom stereocenters. The smallest absolute Gasteiger partial charge is 0.0768 e. The van der Waals surface area contributed by atoms with E-state index in [1.807, 2.05) is 37.0 Å². The van der Waals surface area contributed by atoms with Crippen molar-refractivity contribution in [3.63, 3.8) is 0 Å². The van der Waals surface area contributed by atoms with Crippen molar-refractivity contribution in [2.45, 2.75) is 25.8 Å². The van der Waals surface area contributed by atoms with Gasteiger partial charge >= 0.3 is 0 Å². The van der Waals surface area contributed by atoms with E-state index in [9.17, 15) is 0 Å². The molecule has 2 N–H and O–H groups in total. The van der Waals surface area contributed by atoms with E-state index in [0.29, 0.717) is 0 Å². The van der Waals surface area contributed by atoms with Gasteiger partial charge in [0.05, 0.1) is 6.04 Å². The first-order valence-electron chi connectivity index (χ1n) is 5.70. The van der Waals surface area contributed by atoms with Crippen molar-refractivity contribution in [1.29, 1.82) is 0 Å². The number of hydrogen-bond donors (Lipinski definition) is 2. The molecule has 0 aromatic rings. The Balaban J connectivity index is 2.28. The third-order valence-corrected chi connectivity index (χ3v) is 2.62. The second-order valence-corrected chi connectivity index (χ2v) is 3.81. The van der Waals surface area contributed by atoms with Gasteiger partial charge in [-0.1, -0.05) is 19.4 Å². The molecule has 0 saturated heterocycles. The van der Waals surface area contributed by atoms with Gasteiger partial charge in [0.15, 0.2) is 0 Å². The molecule has 0 radical (unpaired) electrons. The Hall–Kier alpha value is -1.77. The van der Waals surface area contributed by atoms with E-state index in [1.54, 1.807) is 0 Å². The van der Waals surface area contributed by atoms with Crippen molar-refractivity contribution < 1.29 is 0 Å². The second-order valence-electron chi connectivity index (χ2n) is 3.81. The lowest BCUT2D eigenvalue weighted by atomic mass is 9.98. The molecule has 0 aromatic carbocycles. The van der Waals surface area contributed by atoms with Gasteiger partial charge in [-0.05, 0) is 18.6 Å². The molecule has 0 saturated carbocycles. The molecule has 3 heteroatoms. The predicted molar refractivity (Wildman–Crippen MR) is 67.9 cm³/mol. The number of nitrogens with zero attached hydrogens (tertiary/aromatic N) is 1. The molecule has 16 heavy (non-hydrogen) atoms. The molecule has 2 aliphatic rings. The summed E-state index contributed by atoms with van der Waals surface area (Å²) >= 11 is 0. The summed E-state index contributed by atoms with van der Waals surface area (Å²) in [5.41, 5.74) is 2.38. The van der Waals surface area contributed by atoms with Crippen LogP contribution in [-0.4, -0.2) is 12.3 Å². The molecule has 2 rings (SSSR count). The minimum absolute atomic E-state index is 0.286.